The van der Waals surface area contributed by atoms with Gasteiger partial charge in [-0.15, -0.1) is 11.3 Å². The Kier molecular flexibility index (Phi) is 3.56. The molecule has 1 aromatic rings. The SMILES string of the molecule is Cc1ncc(CN(C)C(=O)CNC2CC2)s1. The summed E-state index contributed by atoms with van der Waals surface area (Å²) in [5.74, 6) is 0.151. The lowest BCUT2D eigenvalue weighted by atomic mass is 10.4. The van der Waals surface area contributed by atoms with E-state index in [4.69, 9.17) is 0 Å². The molecule has 1 amide bonds. The van der Waals surface area contributed by atoms with Crippen molar-refractivity contribution >= 4 is 17.2 Å². The van der Waals surface area contributed by atoms with E-state index < -0.39 is 0 Å². The van der Waals surface area contributed by atoms with E-state index >= 15 is 0 Å². The molecule has 0 unspecified atom stereocenters. The fourth-order valence-electron chi connectivity index (χ4n) is 1.45. The van der Waals surface area contributed by atoms with E-state index in [2.05, 4.69) is 10.3 Å². The lowest BCUT2D eigenvalue weighted by Crippen LogP contribution is -2.35. The van der Waals surface area contributed by atoms with Gasteiger partial charge in [0, 0.05) is 24.2 Å². The molecule has 2 rings (SSSR count). The fraction of sp³-hybridized carbons (Fsp3) is 0.636. The Morgan fingerprint density at radius 2 is 2.44 bits per heavy atom. The summed E-state index contributed by atoms with van der Waals surface area (Å²) in [4.78, 5) is 18.8. The highest BCUT2D eigenvalue weighted by molar-refractivity contribution is 7.11. The molecule has 0 bridgehead atoms. The van der Waals surface area contributed by atoms with Gasteiger partial charge >= 0.3 is 0 Å². The first kappa shape index (κ1) is 11.5. The maximum Gasteiger partial charge on any atom is 0.236 e. The van der Waals surface area contributed by atoms with Crippen LogP contribution in [0.4, 0.5) is 0 Å². The van der Waals surface area contributed by atoms with E-state index in [1.165, 1.54) is 12.8 Å². The van der Waals surface area contributed by atoms with Crippen LogP contribution in [0, 0.1) is 6.92 Å². The zero-order valence-corrected chi connectivity index (χ0v) is 10.5. The second-order valence-electron chi connectivity index (χ2n) is 4.25. The van der Waals surface area contributed by atoms with Crippen molar-refractivity contribution in [2.45, 2.75) is 32.4 Å². The molecule has 1 aromatic heterocycles. The van der Waals surface area contributed by atoms with Gasteiger partial charge in [0.15, 0.2) is 0 Å². The summed E-state index contributed by atoms with van der Waals surface area (Å²) < 4.78 is 0. The van der Waals surface area contributed by atoms with Crippen LogP contribution in [0.3, 0.4) is 0 Å². The first-order valence-electron chi connectivity index (χ1n) is 5.54. The standard InChI is InChI=1S/C11H17N3OS/c1-8-12-5-10(16-8)7-14(2)11(15)6-13-9-3-4-9/h5,9,13H,3-4,6-7H2,1-2H3. The third kappa shape index (κ3) is 3.28. The second kappa shape index (κ2) is 4.93. The Hall–Kier alpha value is -0.940. The number of carbonyl (C=O) groups is 1. The first-order chi connectivity index (χ1) is 7.65. The monoisotopic (exact) mass is 239 g/mol. The van der Waals surface area contributed by atoms with Crippen molar-refractivity contribution in [2.75, 3.05) is 13.6 Å². The van der Waals surface area contributed by atoms with Gasteiger partial charge in [-0.25, -0.2) is 4.98 Å². The van der Waals surface area contributed by atoms with Gasteiger partial charge in [0.05, 0.1) is 18.1 Å². The summed E-state index contributed by atoms with van der Waals surface area (Å²) in [6.45, 7) is 3.10. The van der Waals surface area contributed by atoms with Crippen molar-refractivity contribution in [3.05, 3.63) is 16.1 Å². The highest BCUT2D eigenvalue weighted by Gasteiger charge is 2.22. The van der Waals surface area contributed by atoms with Crippen molar-refractivity contribution in [1.82, 2.24) is 15.2 Å². The molecular weight excluding hydrogens is 222 g/mol. The molecule has 1 aliphatic rings. The van der Waals surface area contributed by atoms with Crippen LogP contribution in [-0.2, 0) is 11.3 Å². The van der Waals surface area contributed by atoms with Gasteiger partial charge in [-0.05, 0) is 19.8 Å². The van der Waals surface area contributed by atoms with Gasteiger partial charge in [-0.1, -0.05) is 0 Å². The Morgan fingerprint density at radius 1 is 1.69 bits per heavy atom. The van der Waals surface area contributed by atoms with Gasteiger partial charge in [0.2, 0.25) is 5.91 Å². The number of aryl methyl sites for hydroxylation is 1. The summed E-state index contributed by atoms with van der Waals surface area (Å²) in [7, 11) is 1.84. The molecule has 1 heterocycles. The number of carbonyl (C=O) groups excluding carboxylic acids is 1. The molecule has 1 N–H and O–H groups in total. The van der Waals surface area contributed by atoms with Crippen molar-refractivity contribution in [2.24, 2.45) is 0 Å². The third-order valence-electron chi connectivity index (χ3n) is 2.61. The molecule has 0 atom stereocenters. The van der Waals surface area contributed by atoms with Crippen molar-refractivity contribution < 1.29 is 4.79 Å². The summed E-state index contributed by atoms with van der Waals surface area (Å²) in [6, 6.07) is 0.586. The molecule has 88 valence electrons. The Morgan fingerprint density at radius 3 is 3.00 bits per heavy atom. The highest BCUT2D eigenvalue weighted by Crippen LogP contribution is 2.18. The lowest BCUT2D eigenvalue weighted by Gasteiger charge is -2.16. The topological polar surface area (TPSA) is 45.2 Å². The number of nitrogens with zero attached hydrogens (tertiary/aromatic N) is 2. The van der Waals surface area contributed by atoms with Gasteiger partial charge in [0.25, 0.3) is 0 Å². The van der Waals surface area contributed by atoms with Crippen LogP contribution in [0.1, 0.15) is 22.7 Å². The smallest absolute Gasteiger partial charge is 0.236 e. The molecule has 0 spiro atoms. The third-order valence-corrected chi connectivity index (χ3v) is 3.50. The number of likely N-dealkylation sites (N-methyl/N-ethyl adjacent to an activating group) is 1. The molecule has 4 nitrogen and oxygen atoms in total. The zero-order chi connectivity index (χ0) is 11.5. The zero-order valence-electron chi connectivity index (χ0n) is 9.69. The maximum atomic E-state index is 11.7. The average Bonchev–Trinajstić information content (AvgIpc) is 2.99. The van der Waals surface area contributed by atoms with Crippen LogP contribution >= 0.6 is 11.3 Å². The summed E-state index contributed by atoms with van der Waals surface area (Å²) >= 11 is 1.64. The largest absolute Gasteiger partial charge is 0.339 e. The quantitative estimate of drug-likeness (QED) is 0.838. The Labute approximate surface area is 99.7 Å². The normalized spacial score (nSPS) is 15.1. The minimum Gasteiger partial charge on any atom is -0.339 e. The van der Waals surface area contributed by atoms with E-state index in [1.54, 1.807) is 16.2 Å². The Balaban J connectivity index is 1.77. The lowest BCUT2D eigenvalue weighted by molar-refractivity contribution is -0.129. The summed E-state index contributed by atoms with van der Waals surface area (Å²) in [6.07, 6.45) is 4.27. The highest BCUT2D eigenvalue weighted by atomic mass is 32.1. The minimum atomic E-state index is 0.151. The van der Waals surface area contributed by atoms with E-state index in [-0.39, 0.29) is 5.91 Å². The molecule has 5 heteroatoms. The van der Waals surface area contributed by atoms with Crippen LogP contribution in [0.25, 0.3) is 0 Å². The fourth-order valence-corrected chi connectivity index (χ4v) is 2.30. The Bertz CT molecular complexity index is 373. The average molecular weight is 239 g/mol. The second-order valence-corrected chi connectivity index (χ2v) is 5.57. The number of thiazole rings is 1. The number of hydrogen-bond donors (Lipinski definition) is 1. The predicted octanol–water partition coefficient (Wildman–Crippen LogP) is 1.16. The predicted molar refractivity (Wildman–Crippen MR) is 64.3 cm³/mol. The van der Waals surface area contributed by atoms with Crippen molar-refractivity contribution in [3.8, 4) is 0 Å². The van der Waals surface area contributed by atoms with E-state index in [9.17, 15) is 4.79 Å². The summed E-state index contributed by atoms with van der Waals surface area (Å²) in [5, 5.41) is 4.27. The number of aromatic nitrogens is 1. The van der Waals surface area contributed by atoms with Gasteiger partial charge in [0.1, 0.15) is 0 Å². The van der Waals surface area contributed by atoms with E-state index in [1.807, 2.05) is 20.2 Å². The number of amides is 1. The molecule has 0 aliphatic heterocycles. The van der Waals surface area contributed by atoms with Gasteiger partial charge in [-0.3, -0.25) is 4.79 Å². The minimum absolute atomic E-state index is 0.151. The molecule has 1 saturated carbocycles. The van der Waals surface area contributed by atoms with Gasteiger partial charge < -0.3 is 10.2 Å². The molecular formula is C11H17N3OS. The first-order valence-corrected chi connectivity index (χ1v) is 6.35. The van der Waals surface area contributed by atoms with Crippen molar-refractivity contribution in [3.63, 3.8) is 0 Å². The van der Waals surface area contributed by atoms with Gasteiger partial charge in [-0.2, -0.15) is 0 Å². The molecule has 0 saturated heterocycles. The number of nitrogens with one attached hydrogen (secondary N) is 1. The van der Waals surface area contributed by atoms with E-state index in [0.29, 0.717) is 19.1 Å². The maximum absolute atomic E-state index is 11.7. The van der Waals surface area contributed by atoms with Crippen LogP contribution in [0.2, 0.25) is 0 Å². The molecule has 0 aromatic carbocycles. The number of hydrogen-bond acceptors (Lipinski definition) is 4. The van der Waals surface area contributed by atoms with E-state index in [0.717, 1.165) is 9.88 Å². The number of rotatable bonds is 5. The van der Waals surface area contributed by atoms with Crippen LogP contribution in [-0.4, -0.2) is 35.4 Å². The van der Waals surface area contributed by atoms with Crippen LogP contribution in [0.5, 0.6) is 0 Å². The molecule has 1 aliphatic carbocycles. The molecule has 1 fully saturated rings. The van der Waals surface area contributed by atoms with Crippen LogP contribution in [0.15, 0.2) is 6.20 Å². The van der Waals surface area contributed by atoms with Crippen LogP contribution < -0.4 is 5.32 Å². The molecule has 0 radical (unpaired) electrons. The molecule has 16 heavy (non-hydrogen) atoms. The van der Waals surface area contributed by atoms with Crippen molar-refractivity contribution in [1.29, 1.82) is 0 Å². The summed E-state index contributed by atoms with van der Waals surface area (Å²) in [5.41, 5.74) is 0.